The van der Waals surface area contributed by atoms with Crippen molar-refractivity contribution in [2.75, 3.05) is 0 Å². The molecule has 0 bridgehead atoms. The molecule has 0 atom stereocenters. The molecule has 0 aromatic heterocycles. The first-order valence-electron chi connectivity index (χ1n) is 6.44. The van der Waals surface area contributed by atoms with E-state index in [-0.39, 0.29) is 5.02 Å². The molecule has 0 spiro atoms. The molecule has 106 valence electrons. The van der Waals surface area contributed by atoms with Gasteiger partial charge in [-0.05, 0) is 29.3 Å². The van der Waals surface area contributed by atoms with Crippen molar-refractivity contribution < 1.29 is 8.78 Å². The molecule has 0 aliphatic heterocycles. The Kier molecular flexibility index (Phi) is 4.73. The third-order valence-electron chi connectivity index (χ3n) is 2.96. The number of nitrogens with one attached hydrogen (secondary N) is 1. The quantitative estimate of drug-likeness (QED) is 0.800. The van der Waals surface area contributed by atoms with Gasteiger partial charge >= 0.3 is 0 Å². The first-order chi connectivity index (χ1) is 9.47. The lowest BCUT2D eigenvalue weighted by Crippen LogP contribution is -2.21. The van der Waals surface area contributed by atoms with E-state index >= 15 is 0 Å². The van der Waals surface area contributed by atoms with Gasteiger partial charge in [-0.25, -0.2) is 8.78 Å². The van der Waals surface area contributed by atoms with E-state index in [1.165, 1.54) is 0 Å². The van der Waals surface area contributed by atoms with Crippen molar-refractivity contribution in [3.05, 3.63) is 58.6 Å². The highest BCUT2D eigenvalue weighted by atomic mass is 35.5. The Morgan fingerprint density at radius 1 is 1.10 bits per heavy atom. The average molecular weight is 296 g/mol. The summed E-state index contributed by atoms with van der Waals surface area (Å²) < 4.78 is 26.4. The van der Waals surface area contributed by atoms with Crippen molar-refractivity contribution in [2.45, 2.75) is 26.4 Å². The Labute approximate surface area is 122 Å². The molecule has 1 nitrogen and oxygen atoms in total. The summed E-state index contributed by atoms with van der Waals surface area (Å²) in [6, 6.07) is 10.1. The Balaban J connectivity index is 2.33. The summed E-state index contributed by atoms with van der Waals surface area (Å²) in [4.78, 5) is 0. The summed E-state index contributed by atoms with van der Waals surface area (Å²) in [5.74, 6) is -1.83. The van der Waals surface area contributed by atoms with Crippen LogP contribution in [0.4, 0.5) is 8.78 Å². The smallest absolute Gasteiger partial charge is 0.160 e. The molecule has 0 saturated carbocycles. The normalized spacial score (nSPS) is 11.1. The minimum absolute atomic E-state index is 0.206. The van der Waals surface area contributed by atoms with Crippen LogP contribution >= 0.6 is 11.6 Å². The molecule has 0 aliphatic carbocycles. The van der Waals surface area contributed by atoms with E-state index in [0.717, 1.165) is 23.3 Å². The van der Waals surface area contributed by atoms with E-state index in [9.17, 15) is 8.78 Å². The van der Waals surface area contributed by atoms with Gasteiger partial charge < -0.3 is 5.32 Å². The molecule has 0 amide bonds. The number of hydrogen-bond acceptors (Lipinski definition) is 1. The van der Waals surface area contributed by atoms with E-state index in [4.69, 9.17) is 11.6 Å². The van der Waals surface area contributed by atoms with Crippen LogP contribution in [0.1, 0.15) is 19.4 Å². The summed E-state index contributed by atoms with van der Waals surface area (Å²) in [5, 5.41) is 3.51. The SMILES string of the molecule is CC(C)NCc1cccc(-c2cc(F)c(F)cc2Cl)c1. The highest BCUT2D eigenvalue weighted by Crippen LogP contribution is 2.30. The molecule has 0 unspecified atom stereocenters. The van der Waals surface area contributed by atoms with Crippen molar-refractivity contribution in [1.29, 1.82) is 0 Å². The highest BCUT2D eigenvalue weighted by molar-refractivity contribution is 6.33. The molecule has 2 rings (SSSR count). The Morgan fingerprint density at radius 3 is 2.50 bits per heavy atom. The van der Waals surface area contributed by atoms with E-state index in [2.05, 4.69) is 19.2 Å². The van der Waals surface area contributed by atoms with Gasteiger partial charge in [0.15, 0.2) is 11.6 Å². The first kappa shape index (κ1) is 14.9. The lowest BCUT2D eigenvalue weighted by Gasteiger charge is -2.10. The van der Waals surface area contributed by atoms with E-state index in [1.54, 1.807) is 0 Å². The van der Waals surface area contributed by atoms with Crippen LogP contribution in [0.3, 0.4) is 0 Å². The summed E-state index contributed by atoms with van der Waals surface area (Å²) in [6.45, 7) is 4.85. The number of rotatable bonds is 4. The third kappa shape index (κ3) is 3.56. The van der Waals surface area contributed by atoms with Gasteiger partial charge in [0, 0.05) is 18.2 Å². The maximum atomic E-state index is 13.4. The lowest BCUT2D eigenvalue weighted by molar-refractivity contribution is 0.509. The van der Waals surface area contributed by atoms with Crippen LogP contribution in [0.5, 0.6) is 0 Å². The molecule has 2 aromatic rings. The first-order valence-corrected chi connectivity index (χ1v) is 6.82. The molecule has 1 N–H and O–H groups in total. The second kappa shape index (κ2) is 6.33. The summed E-state index contributed by atoms with van der Waals surface area (Å²) in [7, 11) is 0. The number of benzene rings is 2. The average Bonchev–Trinajstić information content (AvgIpc) is 2.41. The maximum Gasteiger partial charge on any atom is 0.160 e. The van der Waals surface area contributed by atoms with Crippen LogP contribution < -0.4 is 5.32 Å². The standard InChI is InChI=1S/C16H16ClF2N/c1-10(2)20-9-11-4-3-5-12(6-11)13-7-15(18)16(19)8-14(13)17/h3-8,10,20H,9H2,1-2H3. The minimum atomic E-state index is -0.934. The van der Waals surface area contributed by atoms with Crippen LogP contribution in [-0.2, 0) is 6.54 Å². The van der Waals surface area contributed by atoms with Crippen LogP contribution in [0.15, 0.2) is 36.4 Å². The van der Waals surface area contributed by atoms with Crippen molar-refractivity contribution >= 4 is 11.6 Å². The second-order valence-electron chi connectivity index (χ2n) is 4.98. The number of halogens is 3. The molecule has 0 fully saturated rings. The summed E-state index contributed by atoms with van der Waals surface area (Å²) >= 11 is 5.99. The van der Waals surface area contributed by atoms with Crippen molar-refractivity contribution in [3.63, 3.8) is 0 Å². The molecular formula is C16H16ClF2N. The Hall–Kier alpha value is -1.45. The predicted octanol–water partition coefficient (Wildman–Crippen LogP) is 4.78. The van der Waals surface area contributed by atoms with Gasteiger partial charge in [-0.3, -0.25) is 0 Å². The summed E-state index contributed by atoms with van der Waals surface area (Å²) in [6.07, 6.45) is 0. The van der Waals surface area contributed by atoms with Gasteiger partial charge in [0.25, 0.3) is 0 Å². The zero-order valence-electron chi connectivity index (χ0n) is 11.4. The molecule has 0 aliphatic rings. The fourth-order valence-corrected chi connectivity index (χ4v) is 2.17. The van der Waals surface area contributed by atoms with Crippen LogP contribution in [0.25, 0.3) is 11.1 Å². The molecule has 0 radical (unpaired) electrons. The molecule has 4 heteroatoms. The zero-order chi connectivity index (χ0) is 14.7. The van der Waals surface area contributed by atoms with Gasteiger partial charge in [0.2, 0.25) is 0 Å². The highest BCUT2D eigenvalue weighted by Gasteiger charge is 2.10. The Bertz CT molecular complexity index is 611. The van der Waals surface area contributed by atoms with E-state index in [1.807, 2.05) is 24.3 Å². The zero-order valence-corrected chi connectivity index (χ0v) is 12.1. The van der Waals surface area contributed by atoms with Gasteiger partial charge in [0.1, 0.15) is 0 Å². The van der Waals surface area contributed by atoms with Gasteiger partial charge in [-0.2, -0.15) is 0 Å². The minimum Gasteiger partial charge on any atom is -0.310 e. The van der Waals surface area contributed by atoms with E-state index in [0.29, 0.717) is 18.2 Å². The van der Waals surface area contributed by atoms with Gasteiger partial charge in [-0.1, -0.05) is 43.6 Å². The van der Waals surface area contributed by atoms with Crippen LogP contribution in [0.2, 0.25) is 5.02 Å². The number of hydrogen-bond donors (Lipinski definition) is 1. The molecule has 0 saturated heterocycles. The Morgan fingerprint density at radius 2 is 1.80 bits per heavy atom. The largest absolute Gasteiger partial charge is 0.310 e. The van der Waals surface area contributed by atoms with Crippen molar-refractivity contribution in [3.8, 4) is 11.1 Å². The molecule has 0 heterocycles. The topological polar surface area (TPSA) is 12.0 Å². The molecular weight excluding hydrogens is 280 g/mol. The fourth-order valence-electron chi connectivity index (χ4n) is 1.91. The maximum absolute atomic E-state index is 13.4. The van der Waals surface area contributed by atoms with Crippen molar-refractivity contribution in [2.24, 2.45) is 0 Å². The van der Waals surface area contributed by atoms with Crippen LogP contribution in [-0.4, -0.2) is 6.04 Å². The fraction of sp³-hybridized carbons (Fsp3) is 0.250. The van der Waals surface area contributed by atoms with Gasteiger partial charge in [0.05, 0.1) is 5.02 Å². The van der Waals surface area contributed by atoms with Crippen molar-refractivity contribution in [1.82, 2.24) is 5.32 Å². The molecule has 2 aromatic carbocycles. The lowest BCUT2D eigenvalue weighted by atomic mass is 10.0. The molecule has 20 heavy (non-hydrogen) atoms. The predicted molar refractivity (Wildman–Crippen MR) is 78.8 cm³/mol. The summed E-state index contributed by atoms with van der Waals surface area (Å²) in [5.41, 5.74) is 2.34. The van der Waals surface area contributed by atoms with Crippen LogP contribution in [0, 0.1) is 11.6 Å². The second-order valence-corrected chi connectivity index (χ2v) is 5.39. The van der Waals surface area contributed by atoms with E-state index < -0.39 is 11.6 Å². The monoisotopic (exact) mass is 295 g/mol. The van der Waals surface area contributed by atoms with Gasteiger partial charge in [-0.15, -0.1) is 0 Å². The third-order valence-corrected chi connectivity index (χ3v) is 3.28.